The second-order valence-electron chi connectivity index (χ2n) is 6.12. The predicted octanol–water partition coefficient (Wildman–Crippen LogP) is 3.13. The minimum Gasteiger partial charge on any atom is -0.396 e. The molecular weight excluding hydrogens is 264 g/mol. The van der Waals surface area contributed by atoms with Crippen molar-refractivity contribution in [3.63, 3.8) is 0 Å². The Hall–Kier alpha value is -1.29. The van der Waals surface area contributed by atoms with Crippen molar-refractivity contribution < 1.29 is 9.90 Å². The molecule has 1 atom stereocenters. The fraction of sp³-hybridized carbons (Fsp3) is 0.706. The summed E-state index contributed by atoms with van der Waals surface area (Å²) in [5.74, 6) is 0.393. The third-order valence-corrected chi connectivity index (χ3v) is 4.52. The molecule has 1 aromatic heterocycles. The minimum atomic E-state index is 0.0194. The fourth-order valence-electron chi connectivity index (χ4n) is 3.35. The zero-order valence-electron chi connectivity index (χ0n) is 13.1. The van der Waals surface area contributed by atoms with E-state index in [1.165, 1.54) is 25.7 Å². The molecule has 0 saturated heterocycles. The van der Waals surface area contributed by atoms with Gasteiger partial charge in [0, 0.05) is 25.4 Å². The Morgan fingerprint density at radius 3 is 2.86 bits per heavy atom. The third kappa shape index (κ3) is 4.34. The standard InChI is InChI=1S/C17H28N2O2/c1-2-6-14(10-12-20)13-18-17(21)16-9-5-11-19(16)15-7-3-4-8-15/h5,9,11,14-15,20H,2-4,6-8,10,12-13H2,1H3,(H,18,21). The van der Waals surface area contributed by atoms with Crippen molar-refractivity contribution >= 4 is 5.91 Å². The number of carbonyl (C=O) groups is 1. The van der Waals surface area contributed by atoms with Gasteiger partial charge in [-0.25, -0.2) is 0 Å². The largest absolute Gasteiger partial charge is 0.396 e. The highest BCUT2D eigenvalue weighted by molar-refractivity contribution is 5.92. The van der Waals surface area contributed by atoms with Gasteiger partial charge >= 0.3 is 0 Å². The number of aliphatic hydroxyl groups excluding tert-OH is 1. The molecule has 0 aromatic carbocycles. The molecule has 118 valence electrons. The molecule has 2 N–H and O–H groups in total. The van der Waals surface area contributed by atoms with Gasteiger partial charge in [-0.3, -0.25) is 4.79 Å². The van der Waals surface area contributed by atoms with Crippen molar-refractivity contribution in [3.8, 4) is 0 Å². The van der Waals surface area contributed by atoms with Crippen molar-refractivity contribution in [2.45, 2.75) is 57.9 Å². The smallest absolute Gasteiger partial charge is 0.267 e. The molecule has 1 saturated carbocycles. The van der Waals surface area contributed by atoms with Crippen molar-refractivity contribution in [2.75, 3.05) is 13.2 Å². The van der Waals surface area contributed by atoms with Crippen LogP contribution in [0.1, 0.15) is 68.4 Å². The van der Waals surface area contributed by atoms with Gasteiger partial charge in [0.2, 0.25) is 0 Å². The number of hydrogen-bond donors (Lipinski definition) is 2. The first-order valence-corrected chi connectivity index (χ1v) is 8.32. The van der Waals surface area contributed by atoms with Gasteiger partial charge in [-0.15, -0.1) is 0 Å². The Kier molecular flexibility index (Phi) is 6.30. The van der Waals surface area contributed by atoms with Crippen LogP contribution in [0, 0.1) is 5.92 Å². The first-order chi connectivity index (χ1) is 10.3. The molecule has 1 aromatic rings. The summed E-state index contributed by atoms with van der Waals surface area (Å²) < 4.78 is 2.14. The molecule has 21 heavy (non-hydrogen) atoms. The molecule has 1 heterocycles. The van der Waals surface area contributed by atoms with Crippen LogP contribution >= 0.6 is 0 Å². The van der Waals surface area contributed by atoms with E-state index in [2.05, 4.69) is 16.8 Å². The zero-order valence-corrected chi connectivity index (χ0v) is 13.1. The molecule has 0 radical (unpaired) electrons. The highest BCUT2D eigenvalue weighted by atomic mass is 16.3. The van der Waals surface area contributed by atoms with Crippen LogP contribution < -0.4 is 5.32 Å². The SMILES string of the molecule is CCCC(CCO)CNC(=O)c1cccn1C1CCCC1. The van der Waals surface area contributed by atoms with Crippen LogP contribution in [0.4, 0.5) is 0 Å². The number of nitrogens with one attached hydrogen (secondary N) is 1. The van der Waals surface area contributed by atoms with E-state index in [0.29, 0.717) is 18.5 Å². The van der Waals surface area contributed by atoms with E-state index in [1.807, 2.05) is 18.3 Å². The van der Waals surface area contributed by atoms with E-state index in [1.54, 1.807) is 0 Å². The maximum atomic E-state index is 12.4. The molecular formula is C17H28N2O2. The number of hydrogen-bond acceptors (Lipinski definition) is 2. The number of rotatable bonds is 8. The molecule has 1 aliphatic carbocycles. The Morgan fingerprint density at radius 2 is 2.19 bits per heavy atom. The van der Waals surface area contributed by atoms with Crippen LogP contribution in [0.15, 0.2) is 18.3 Å². The molecule has 1 fully saturated rings. The van der Waals surface area contributed by atoms with Crippen LogP contribution in [0.2, 0.25) is 0 Å². The average Bonchev–Trinajstić information content (AvgIpc) is 3.14. The van der Waals surface area contributed by atoms with Crippen molar-refractivity contribution in [1.82, 2.24) is 9.88 Å². The first-order valence-electron chi connectivity index (χ1n) is 8.32. The van der Waals surface area contributed by atoms with Gasteiger partial charge in [-0.05, 0) is 43.7 Å². The molecule has 0 aliphatic heterocycles. The summed E-state index contributed by atoms with van der Waals surface area (Å²) in [6.07, 6.45) is 9.80. The monoisotopic (exact) mass is 292 g/mol. The van der Waals surface area contributed by atoms with Crippen LogP contribution in [0.25, 0.3) is 0 Å². The minimum absolute atomic E-state index is 0.0194. The van der Waals surface area contributed by atoms with Crippen LogP contribution in [-0.4, -0.2) is 28.7 Å². The van der Waals surface area contributed by atoms with E-state index in [4.69, 9.17) is 5.11 Å². The summed E-state index contributed by atoms with van der Waals surface area (Å²) >= 11 is 0. The van der Waals surface area contributed by atoms with E-state index in [9.17, 15) is 4.79 Å². The maximum Gasteiger partial charge on any atom is 0.267 e. The second kappa shape index (κ2) is 8.23. The molecule has 1 aliphatic rings. The van der Waals surface area contributed by atoms with Crippen LogP contribution in [-0.2, 0) is 0 Å². The van der Waals surface area contributed by atoms with Gasteiger partial charge in [0.25, 0.3) is 5.91 Å². The third-order valence-electron chi connectivity index (χ3n) is 4.52. The lowest BCUT2D eigenvalue weighted by atomic mass is 10.0. The van der Waals surface area contributed by atoms with Gasteiger partial charge in [0.15, 0.2) is 0 Å². The Bertz CT molecular complexity index is 430. The van der Waals surface area contributed by atoms with E-state index in [0.717, 1.165) is 25.0 Å². The summed E-state index contributed by atoms with van der Waals surface area (Å²) in [7, 11) is 0. The maximum absolute atomic E-state index is 12.4. The fourth-order valence-corrected chi connectivity index (χ4v) is 3.35. The summed E-state index contributed by atoms with van der Waals surface area (Å²) in [5, 5.41) is 12.1. The summed E-state index contributed by atoms with van der Waals surface area (Å²) in [6.45, 7) is 2.99. The molecule has 1 amide bonds. The summed E-state index contributed by atoms with van der Waals surface area (Å²) in [6, 6.07) is 4.36. The summed E-state index contributed by atoms with van der Waals surface area (Å²) in [4.78, 5) is 12.4. The van der Waals surface area contributed by atoms with Crippen LogP contribution in [0.3, 0.4) is 0 Å². The normalized spacial score (nSPS) is 17.0. The number of aliphatic hydroxyl groups is 1. The summed E-state index contributed by atoms with van der Waals surface area (Å²) in [5.41, 5.74) is 0.779. The number of amides is 1. The Balaban J connectivity index is 1.92. The van der Waals surface area contributed by atoms with Crippen molar-refractivity contribution in [3.05, 3.63) is 24.0 Å². The van der Waals surface area contributed by atoms with Crippen molar-refractivity contribution in [1.29, 1.82) is 0 Å². The van der Waals surface area contributed by atoms with E-state index in [-0.39, 0.29) is 12.5 Å². The topological polar surface area (TPSA) is 54.3 Å². The first kappa shape index (κ1) is 16.1. The second-order valence-corrected chi connectivity index (χ2v) is 6.12. The Labute approximate surface area is 127 Å². The van der Waals surface area contributed by atoms with Gasteiger partial charge in [0.1, 0.15) is 5.69 Å². The molecule has 1 unspecified atom stereocenters. The molecule has 2 rings (SSSR count). The zero-order chi connectivity index (χ0) is 15.1. The van der Waals surface area contributed by atoms with Gasteiger partial charge in [-0.2, -0.15) is 0 Å². The lowest BCUT2D eigenvalue weighted by Crippen LogP contribution is -2.31. The number of aromatic nitrogens is 1. The lowest BCUT2D eigenvalue weighted by molar-refractivity contribution is 0.0931. The highest BCUT2D eigenvalue weighted by Gasteiger charge is 2.21. The van der Waals surface area contributed by atoms with Gasteiger partial charge in [0.05, 0.1) is 0 Å². The van der Waals surface area contributed by atoms with Crippen LogP contribution in [0.5, 0.6) is 0 Å². The number of carbonyl (C=O) groups excluding carboxylic acids is 1. The lowest BCUT2D eigenvalue weighted by Gasteiger charge is -2.18. The van der Waals surface area contributed by atoms with E-state index >= 15 is 0 Å². The van der Waals surface area contributed by atoms with Gasteiger partial charge < -0.3 is 15.0 Å². The molecule has 4 nitrogen and oxygen atoms in total. The molecule has 4 heteroatoms. The number of nitrogens with zero attached hydrogens (tertiary/aromatic N) is 1. The Morgan fingerprint density at radius 1 is 1.43 bits per heavy atom. The van der Waals surface area contributed by atoms with Crippen molar-refractivity contribution in [2.24, 2.45) is 5.92 Å². The molecule has 0 bridgehead atoms. The van der Waals surface area contributed by atoms with E-state index < -0.39 is 0 Å². The highest BCUT2D eigenvalue weighted by Crippen LogP contribution is 2.30. The average molecular weight is 292 g/mol. The predicted molar refractivity (Wildman–Crippen MR) is 84.4 cm³/mol. The molecule has 0 spiro atoms. The van der Waals surface area contributed by atoms with Gasteiger partial charge in [-0.1, -0.05) is 26.2 Å². The quantitative estimate of drug-likeness (QED) is 0.773.